The van der Waals surface area contributed by atoms with E-state index in [-0.39, 0.29) is 23.7 Å². The molecule has 0 radical (unpaired) electrons. The fourth-order valence-corrected chi connectivity index (χ4v) is 3.62. The molecule has 2 atom stereocenters. The van der Waals surface area contributed by atoms with Gasteiger partial charge in [-0.05, 0) is 12.8 Å². The molecule has 2 aliphatic heterocycles. The summed E-state index contributed by atoms with van der Waals surface area (Å²) >= 11 is 0. The third kappa shape index (κ3) is 3.53. The lowest BCUT2D eigenvalue weighted by molar-refractivity contribution is -0.187. The van der Waals surface area contributed by atoms with Gasteiger partial charge in [0.2, 0.25) is 11.8 Å². The topological polar surface area (TPSA) is 59.1 Å². The number of rotatable bonds is 5. The van der Waals surface area contributed by atoms with E-state index in [9.17, 15) is 9.59 Å². The van der Waals surface area contributed by atoms with Crippen LogP contribution >= 0.6 is 0 Å². The fourth-order valence-electron chi connectivity index (χ4n) is 3.62. The van der Waals surface area contributed by atoms with E-state index in [0.717, 1.165) is 32.2 Å². The van der Waals surface area contributed by atoms with Crippen LogP contribution in [-0.4, -0.2) is 67.3 Å². The highest BCUT2D eigenvalue weighted by Gasteiger charge is 2.51. The van der Waals surface area contributed by atoms with Gasteiger partial charge in [-0.2, -0.15) is 0 Å². The highest BCUT2D eigenvalue weighted by molar-refractivity contribution is 5.92. The molecule has 3 aliphatic rings. The van der Waals surface area contributed by atoms with Crippen LogP contribution in [0.4, 0.5) is 0 Å². The third-order valence-electron chi connectivity index (χ3n) is 5.30. The smallest absolute Gasteiger partial charge is 0.226 e. The molecule has 0 bridgehead atoms. The van der Waals surface area contributed by atoms with Crippen molar-refractivity contribution in [3.05, 3.63) is 0 Å². The van der Waals surface area contributed by atoms with Crippen LogP contribution in [0, 0.1) is 11.8 Å². The molecule has 3 fully saturated rings. The summed E-state index contributed by atoms with van der Waals surface area (Å²) < 4.78 is 11.4. The average Bonchev–Trinajstić information content (AvgIpc) is 3.25. The lowest BCUT2D eigenvalue weighted by atomic mass is 10.0. The van der Waals surface area contributed by atoms with Crippen molar-refractivity contribution in [3.63, 3.8) is 0 Å². The van der Waals surface area contributed by atoms with Crippen LogP contribution in [0.5, 0.6) is 0 Å². The van der Waals surface area contributed by atoms with Crippen molar-refractivity contribution >= 4 is 11.8 Å². The van der Waals surface area contributed by atoms with Crippen LogP contribution < -0.4 is 0 Å². The molecule has 0 aromatic carbocycles. The molecule has 2 unspecified atom stereocenters. The van der Waals surface area contributed by atoms with Crippen LogP contribution in [0.3, 0.4) is 0 Å². The first-order valence-electron chi connectivity index (χ1n) is 8.88. The zero-order chi connectivity index (χ0) is 16.4. The standard InChI is InChI=1S/C17H28N2O4/c1-3-4-7-18(2)15(20)13-12-14(13)16(21)19-8-5-17(6-9-19)22-10-11-23-17/h13-14H,3-12H2,1-2H3. The van der Waals surface area contributed by atoms with E-state index in [2.05, 4.69) is 6.92 Å². The molecule has 0 aromatic heterocycles. The summed E-state index contributed by atoms with van der Waals surface area (Å²) in [7, 11) is 1.84. The summed E-state index contributed by atoms with van der Waals surface area (Å²) in [6.07, 6.45) is 4.27. The van der Waals surface area contributed by atoms with E-state index in [4.69, 9.17) is 9.47 Å². The van der Waals surface area contributed by atoms with Crippen molar-refractivity contribution in [1.82, 2.24) is 9.80 Å². The van der Waals surface area contributed by atoms with Gasteiger partial charge in [-0.3, -0.25) is 9.59 Å². The van der Waals surface area contributed by atoms with Crippen LogP contribution in [0.2, 0.25) is 0 Å². The Morgan fingerprint density at radius 3 is 2.43 bits per heavy atom. The second-order valence-corrected chi connectivity index (χ2v) is 6.99. The molecule has 6 heteroatoms. The molecule has 0 N–H and O–H groups in total. The highest BCUT2D eigenvalue weighted by atomic mass is 16.7. The average molecular weight is 324 g/mol. The molecule has 0 aromatic rings. The van der Waals surface area contributed by atoms with Gasteiger partial charge in [0.25, 0.3) is 0 Å². The Labute approximate surface area is 138 Å². The number of likely N-dealkylation sites (tertiary alicyclic amines) is 1. The maximum atomic E-state index is 12.6. The van der Waals surface area contributed by atoms with Gasteiger partial charge < -0.3 is 19.3 Å². The molecular weight excluding hydrogens is 296 g/mol. The third-order valence-corrected chi connectivity index (χ3v) is 5.30. The van der Waals surface area contributed by atoms with Crippen molar-refractivity contribution in [3.8, 4) is 0 Å². The van der Waals surface area contributed by atoms with Crippen molar-refractivity contribution in [2.45, 2.75) is 44.8 Å². The minimum absolute atomic E-state index is 0.0979. The fraction of sp³-hybridized carbons (Fsp3) is 0.882. The molecular formula is C17H28N2O4. The van der Waals surface area contributed by atoms with Gasteiger partial charge in [-0.25, -0.2) is 0 Å². The first-order chi connectivity index (χ1) is 11.1. The second-order valence-electron chi connectivity index (χ2n) is 6.99. The number of carbonyl (C=O) groups excluding carboxylic acids is 2. The van der Waals surface area contributed by atoms with Gasteiger partial charge in [0.1, 0.15) is 0 Å². The SMILES string of the molecule is CCCCN(C)C(=O)C1CC1C(=O)N1CCC2(CC1)OCCO2. The van der Waals surface area contributed by atoms with Crippen molar-refractivity contribution < 1.29 is 19.1 Å². The molecule has 1 saturated carbocycles. The van der Waals surface area contributed by atoms with Crippen LogP contribution in [0.1, 0.15) is 39.0 Å². The van der Waals surface area contributed by atoms with E-state index in [0.29, 0.717) is 32.7 Å². The van der Waals surface area contributed by atoms with E-state index in [1.165, 1.54) is 0 Å². The number of nitrogens with zero attached hydrogens (tertiary/aromatic N) is 2. The zero-order valence-electron chi connectivity index (χ0n) is 14.3. The van der Waals surface area contributed by atoms with Gasteiger partial charge in [0.05, 0.1) is 25.0 Å². The number of ether oxygens (including phenoxy) is 2. The maximum absolute atomic E-state index is 12.6. The number of piperidine rings is 1. The Kier molecular flexibility index (Phi) is 4.92. The van der Waals surface area contributed by atoms with Crippen LogP contribution in [0.15, 0.2) is 0 Å². The quantitative estimate of drug-likeness (QED) is 0.764. The lowest BCUT2D eigenvalue weighted by Crippen LogP contribution is -2.48. The summed E-state index contributed by atoms with van der Waals surface area (Å²) in [4.78, 5) is 28.6. The number of carbonyl (C=O) groups is 2. The van der Waals surface area contributed by atoms with Gasteiger partial charge in [-0.15, -0.1) is 0 Å². The molecule has 3 rings (SSSR count). The van der Waals surface area contributed by atoms with E-state index in [1.54, 1.807) is 4.90 Å². The Bertz CT molecular complexity index is 452. The lowest BCUT2D eigenvalue weighted by Gasteiger charge is -2.37. The minimum Gasteiger partial charge on any atom is -0.347 e. The monoisotopic (exact) mass is 324 g/mol. The number of hydrogen-bond donors (Lipinski definition) is 0. The first kappa shape index (κ1) is 16.7. The van der Waals surface area contributed by atoms with Crippen LogP contribution in [0.25, 0.3) is 0 Å². The molecule has 6 nitrogen and oxygen atoms in total. The minimum atomic E-state index is -0.448. The molecule has 130 valence electrons. The van der Waals surface area contributed by atoms with Crippen LogP contribution in [-0.2, 0) is 19.1 Å². The van der Waals surface area contributed by atoms with Gasteiger partial charge in [0.15, 0.2) is 5.79 Å². The van der Waals surface area contributed by atoms with Gasteiger partial charge >= 0.3 is 0 Å². The maximum Gasteiger partial charge on any atom is 0.226 e. The molecule has 2 amide bonds. The van der Waals surface area contributed by atoms with Gasteiger partial charge in [-0.1, -0.05) is 13.3 Å². The van der Waals surface area contributed by atoms with Crippen molar-refractivity contribution in [1.29, 1.82) is 0 Å². The molecule has 1 spiro atoms. The second kappa shape index (κ2) is 6.77. The highest BCUT2D eigenvalue weighted by Crippen LogP contribution is 2.42. The summed E-state index contributed by atoms with van der Waals surface area (Å²) in [6, 6.07) is 0. The summed E-state index contributed by atoms with van der Waals surface area (Å²) in [6.45, 7) is 5.54. The number of unbranched alkanes of at least 4 members (excludes halogenated alkanes) is 1. The Balaban J connectivity index is 1.46. The predicted molar refractivity (Wildman–Crippen MR) is 84.6 cm³/mol. The van der Waals surface area contributed by atoms with E-state index < -0.39 is 5.79 Å². The Hall–Kier alpha value is -1.14. The zero-order valence-corrected chi connectivity index (χ0v) is 14.3. The summed E-state index contributed by atoms with van der Waals surface area (Å²) in [5, 5.41) is 0. The predicted octanol–water partition coefficient (Wildman–Crippen LogP) is 1.25. The number of amides is 2. The first-order valence-corrected chi connectivity index (χ1v) is 8.88. The Morgan fingerprint density at radius 1 is 1.17 bits per heavy atom. The summed E-state index contributed by atoms with van der Waals surface area (Å²) in [5.74, 6) is -0.381. The molecule has 2 saturated heterocycles. The van der Waals surface area contributed by atoms with Crippen molar-refractivity contribution in [2.24, 2.45) is 11.8 Å². The molecule has 2 heterocycles. The van der Waals surface area contributed by atoms with E-state index in [1.807, 2.05) is 11.9 Å². The Morgan fingerprint density at radius 2 is 1.83 bits per heavy atom. The van der Waals surface area contributed by atoms with Crippen molar-refractivity contribution in [2.75, 3.05) is 39.9 Å². The molecule has 23 heavy (non-hydrogen) atoms. The molecule has 1 aliphatic carbocycles. The largest absolute Gasteiger partial charge is 0.347 e. The normalized spacial score (nSPS) is 28.9. The number of hydrogen-bond acceptors (Lipinski definition) is 4. The van der Waals surface area contributed by atoms with Gasteiger partial charge in [0, 0.05) is 39.5 Å². The summed E-state index contributed by atoms with van der Waals surface area (Å²) in [5.41, 5.74) is 0. The van der Waals surface area contributed by atoms with E-state index >= 15 is 0 Å².